The first-order valence-corrected chi connectivity index (χ1v) is 8.19. The normalized spacial score (nSPS) is 17.8. The van der Waals surface area contributed by atoms with Gasteiger partial charge in [-0.15, -0.1) is 0 Å². The van der Waals surface area contributed by atoms with E-state index in [1.807, 2.05) is 12.1 Å². The van der Waals surface area contributed by atoms with Gasteiger partial charge in [0.25, 0.3) is 0 Å². The zero-order valence-electron chi connectivity index (χ0n) is 12.7. The first-order chi connectivity index (χ1) is 9.63. The molecule has 0 aliphatic carbocycles. The van der Waals surface area contributed by atoms with E-state index in [2.05, 4.69) is 36.2 Å². The van der Waals surface area contributed by atoms with Gasteiger partial charge in [0, 0.05) is 11.6 Å². The van der Waals surface area contributed by atoms with Gasteiger partial charge < -0.3 is 5.32 Å². The molecule has 1 N–H and O–H groups in total. The molecule has 0 bridgehead atoms. The van der Waals surface area contributed by atoms with Gasteiger partial charge in [0.05, 0.1) is 0 Å². The Kier molecular flexibility index (Phi) is 6.34. The van der Waals surface area contributed by atoms with Crippen molar-refractivity contribution in [3.05, 3.63) is 34.9 Å². The number of likely N-dealkylation sites (tertiary alicyclic amines) is 1. The van der Waals surface area contributed by atoms with Crippen LogP contribution in [0.25, 0.3) is 0 Å². The van der Waals surface area contributed by atoms with Crippen LogP contribution in [-0.4, -0.2) is 31.1 Å². The molecule has 2 rings (SSSR count). The summed E-state index contributed by atoms with van der Waals surface area (Å²) in [7, 11) is 0. The van der Waals surface area contributed by atoms with Crippen LogP contribution < -0.4 is 5.32 Å². The van der Waals surface area contributed by atoms with E-state index in [4.69, 9.17) is 11.6 Å². The largest absolute Gasteiger partial charge is 0.316 e. The van der Waals surface area contributed by atoms with E-state index in [-0.39, 0.29) is 0 Å². The molecular formula is C17H27ClN2. The van der Waals surface area contributed by atoms with Crippen LogP contribution in [-0.2, 0) is 6.54 Å². The Morgan fingerprint density at radius 1 is 1.20 bits per heavy atom. The maximum atomic E-state index is 5.92. The van der Waals surface area contributed by atoms with E-state index in [9.17, 15) is 0 Å². The van der Waals surface area contributed by atoms with E-state index in [0.29, 0.717) is 0 Å². The first-order valence-electron chi connectivity index (χ1n) is 7.81. The van der Waals surface area contributed by atoms with Gasteiger partial charge in [0.1, 0.15) is 0 Å². The van der Waals surface area contributed by atoms with Crippen molar-refractivity contribution >= 4 is 11.6 Å². The fourth-order valence-electron chi connectivity index (χ4n) is 2.77. The van der Waals surface area contributed by atoms with Gasteiger partial charge in [-0.05, 0) is 68.6 Å². The predicted octanol–water partition coefficient (Wildman–Crippen LogP) is 3.80. The lowest BCUT2D eigenvalue weighted by Gasteiger charge is -2.32. The van der Waals surface area contributed by atoms with Gasteiger partial charge in [-0.2, -0.15) is 0 Å². The molecule has 1 fully saturated rings. The summed E-state index contributed by atoms with van der Waals surface area (Å²) in [5, 5.41) is 4.41. The summed E-state index contributed by atoms with van der Waals surface area (Å²) in [5.41, 5.74) is 1.37. The van der Waals surface area contributed by atoms with Crippen molar-refractivity contribution in [1.29, 1.82) is 0 Å². The molecule has 0 spiro atoms. The Hall–Kier alpha value is -0.570. The Labute approximate surface area is 128 Å². The first kappa shape index (κ1) is 15.8. The predicted molar refractivity (Wildman–Crippen MR) is 87.2 cm³/mol. The van der Waals surface area contributed by atoms with Crippen LogP contribution in [0, 0.1) is 11.8 Å². The van der Waals surface area contributed by atoms with Gasteiger partial charge in [-0.25, -0.2) is 0 Å². The van der Waals surface area contributed by atoms with Crippen molar-refractivity contribution in [3.63, 3.8) is 0 Å². The van der Waals surface area contributed by atoms with Crippen LogP contribution in [0.4, 0.5) is 0 Å². The van der Waals surface area contributed by atoms with Crippen LogP contribution in [0.2, 0.25) is 5.02 Å². The van der Waals surface area contributed by atoms with Crippen molar-refractivity contribution < 1.29 is 0 Å². The zero-order valence-corrected chi connectivity index (χ0v) is 13.5. The molecule has 1 aromatic rings. The minimum atomic E-state index is 0.750. The number of rotatable bonds is 6. The second kappa shape index (κ2) is 8.02. The quantitative estimate of drug-likeness (QED) is 0.858. The zero-order chi connectivity index (χ0) is 14.4. The van der Waals surface area contributed by atoms with Crippen LogP contribution in [0.15, 0.2) is 24.3 Å². The third-order valence-electron chi connectivity index (χ3n) is 4.01. The van der Waals surface area contributed by atoms with E-state index in [1.165, 1.54) is 38.0 Å². The lowest BCUT2D eigenvalue weighted by atomic mass is 9.96. The smallest absolute Gasteiger partial charge is 0.0406 e. The van der Waals surface area contributed by atoms with E-state index < -0.39 is 0 Å². The van der Waals surface area contributed by atoms with Crippen molar-refractivity contribution in [2.45, 2.75) is 33.2 Å². The Balaban J connectivity index is 1.67. The van der Waals surface area contributed by atoms with Gasteiger partial charge in [-0.1, -0.05) is 37.6 Å². The van der Waals surface area contributed by atoms with Crippen molar-refractivity contribution in [3.8, 4) is 0 Å². The second-order valence-corrected chi connectivity index (χ2v) is 6.83. The standard InChI is InChI=1S/C17H27ClN2/c1-14(2)11-19-12-15-7-9-20(10-8-15)13-16-3-5-17(18)6-4-16/h3-6,14-15,19H,7-13H2,1-2H3. The maximum absolute atomic E-state index is 5.92. The molecule has 20 heavy (non-hydrogen) atoms. The number of nitrogens with zero attached hydrogens (tertiary/aromatic N) is 1. The fraction of sp³-hybridized carbons (Fsp3) is 0.647. The number of benzene rings is 1. The molecule has 1 saturated heterocycles. The minimum absolute atomic E-state index is 0.750. The van der Waals surface area contributed by atoms with E-state index >= 15 is 0 Å². The third kappa shape index (κ3) is 5.43. The van der Waals surface area contributed by atoms with Crippen molar-refractivity contribution in [1.82, 2.24) is 10.2 Å². The summed E-state index contributed by atoms with van der Waals surface area (Å²) >= 11 is 5.92. The summed E-state index contributed by atoms with van der Waals surface area (Å²) in [6.07, 6.45) is 2.64. The van der Waals surface area contributed by atoms with E-state index in [0.717, 1.165) is 29.9 Å². The van der Waals surface area contributed by atoms with Gasteiger partial charge >= 0.3 is 0 Å². The summed E-state index contributed by atoms with van der Waals surface area (Å²) in [6.45, 7) is 10.4. The van der Waals surface area contributed by atoms with Crippen LogP contribution in [0.1, 0.15) is 32.3 Å². The number of halogens is 1. The summed E-state index contributed by atoms with van der Waals surface area (Å²) in [4.78, 5) is 2.56. The average molecular weight is 295 g/mol. The summed E-state index contributed by atoms with van der Waals surface area (Å²) in [6, 6.07) is 8.25. The fourth-order valence-corrected chi connectivity index (χ4v) is 2.90. The molecule has 2 nitrogen and oxygen atoms in total. The van der Waals surface area contributed by atoms with Crippen molar-refractivity contribution in [2.24, 2.45) is 11.8 Å². The highest BCUT2D eigenvalue weighted by Gasteiger charge is 2.18. The molecule has 0 amide bonds. The molecule has 1 aliphatic rings. The van der Waals surface area contributed by atoms with Crippen LogP contribution in [0.5, 0.6) is 0 Å². The molecule has 112 valence electrons. The minimum Gasteiger partial charge on any atom is -0.316 e. The number of nitrogens with one attached hydrogen (secondary N) is 1. The highest BCUT2D eigenvalue weighted by molar-refractivity contribution is 6.30. The molecule has 1 aliphatic heterocycles. The summed E-state index contributed by atoms with van der Waals surface area (Å²) < 4.78 is 0. The van der Waals surface area contributed by atoms with Crippen LogP contribution >= 0.6 is 11.6 Å². The SMILES string of the molecule is CC(C)CNCC1CCN(Cc2ccc(Cl)cc2)CC1. The molecule has 0 atom stereocenters. The average Bonchev–Trinajstić information content (AvgIpc) is 2.43. The Morgan fingerprint density at radius 3 is 2.45 bits per heavy atom. The molecule has 0 saturated carbocycles. The van der Waals surface area contributed by atoms with Gasteiger partial charge in [-0.3, -0.25) is 4.90 Å². The number of hydrogen-bond acceptors (Lipinski definition) is 2. The number of hydrogen-bond donors (Lipinski definition) is 1. The molecule has 1 aromatic carbocycles. The van der Waals surface area contributed by atoms with Gasteiger partial charge in [0.2, 0.25) is 0 Å². The maximum Gasteiger partial charge on any atom is 0.0406 e. The highest BCUT2D eigenvalue weighted by Crippen LogP contribution is 2.19. The molecule has 0 aromatic heterocycles. The molecule has 0 radical (unpaired) electrons. The lowest BCUT2D eigenvalue weighted by Crippen LogP contribution is -2.37. The second-order valence-electron chi connectivity index (χ2n) is 6.40. The third-order valence-corrected chi connectivity index (χ3v) is 4.26. The monoisotopic (exact) mass is 294 g/mol. The lowest BCUT2D eigenvalue weighted by molar-refractivity contribution is 0.175. The van der Waals surface area contributed by atoms with Crippen molar-refractivity contribution in [2.75, 3.05) is 26.2 Å². The highest BCUT2D eigenvalue weighted by atomic mass is 35.5. The van der Waals surface area contributed by atoms with E-state index in [1.54, 1.807) is 0 Å². The topological polar surface area (TPSA) is 15.3 Å². The summed E-state index contributed by atoms with van der Waals surface area (Å²) in [5.74, 6) is 1.61. The molecule has 0 unspecified atom stereocenters. The number of piperidine rings is 1. The Morgan fingerprint density at radius 2 is 1.85 bits per heavy atom. The Bertz CT molecular complexity index is 380. The molecular weight excluding hydrogens is 268 g/mol. The van der Waals surface area contributed by atoms with Crippen LogP contribution in [0.3, 0.4) is 0 Å². The molecule has 3 heteroatoms. The van der Waals surface area contributed by atoms with Gasteiger partial charge in [0.15, 0.2) is 0 Å². The molecule has 1 heterocycles.